The maximum absolute atomic E-state index is 11.4. The molecule has 0 aliphatic heterocycles. The van der Waals surface area contributed by atoms with Crippen LogP contribution in [0, 0.1) is 0 Å². The highest BCUT2D eigenvalue weighted by Crippen LogP contribution is 2.39. The molecule has 0 rings (SSSR count). The lowest BCUT2D eigenvalue weighted by Gasteiger charge is -2.35. The highest BCUT2D eigenvalue weighted by Gasteiger charge is 2.37. The molecule has 0 fully saturated rings. The van der Waals surface area contributed by atoms with Gasteiger partial charge < -0.3 is 24.3 Å². The predicted molar refractivity (Wildman–Crippen MR) is 98.9 cm³/mol. The third kappa shape index (κ3) is 11.0. The van der Waals surface area contributed by atoms with Gasteiger partial charge in [-0.25, -0.2) is 9.59 Å². The van der Waals surface area contributed by atoms with Crippen molar-refractivity contribution in [2.45, 2.75) is 51.7 Å². The van der Waals surface area contributed by atoms with Gasteiger partial charge in [0.25, 0.3) is 0 Å². The average Bonchev–Trinajstić information content (AvgIpc) is 2.49. The summed E-state index contributed by atoms with van der Waals surface area (Å²) in [5.41, 5.74) is 0.313. The summed E-state index contributed by atoms with van der Waals surface area (Å²) >= 11 is 0. The minimum atomic E-state index is -2.17. The Kier molecular flexibility index (Phi) is 10.7. The fourth-order valence-electron chi connectivity index (χ4n) is 1.69. The molecule has 0 aromatic carbocycles. The van der Waals surface area contributed by atoms with E-state index in [0.29, 0.717) is 18.8 Å². The van der Waals surface area contributed by atoms with Gasteiger partial charge in [-0.15, -0.1) is 0 Å². The van der Waals surface area contributed by atoms with E-state index in [1.807, 2.05) is 13.1 Å². The number of nitrogens with one attached hydrogen (secondary N) is 1. The molecule has 0 saturated carbocycles. The van der Waals surface area contributed by atoms with Gasteiger partial charge in [-0.05, 0) is 37.9 Å². The minimum absolute atomic E-state index is 0.0552. The Labute approximate surface area is 151 Å². The van der Waals surface area contributed by atoms with Crippen molar-refractivity contribution < 1.29 is 28.6 Å². The van der Waals surface area contributed by atoms with Crippen LogP contribution in [0.4, 0.5) is 4.79 Å². The second-order valence-corrected chi connectivity index (χ2v) is 11.6. The highest BCUT2D eigenvalue weighted by atomic mass is 28.4. The molecule has 0 unspecified atom stereocenters. The Balaban J connectivity index is 3.58. The van der Waals surface area contributed by atoms with E-state index in [9.17, 15) is 14.4 Å². The van der Waals surface area contributed by atoms with Gasteiger partial charge in [-0.1, -0.05) is 20.4 Å². The standard InChI is InChI=1S/C17H33NO6Si/c1-14(2)15(19)23-11-9-18-16(20)24-13-12-22-10-7-8-17(3,4)25(5,6)21/h21H,1,7-13H2,2-6H3,(H,18,20). The van der Waals surface area contributed by atoms with Gasteiger partial charge in [0.1, 0.15) is 13.2 Å². The first-order valence-electron chi connectivity index (χ1n) is 8.51. The molecule has 146 valence electrons. The number of alkyl carbamates (subject to hydrolysis) is 1. The summed E-state index contributed by atoms with van der Waals surface area (Å²) in [6.07, 6.45) is 1.17. The third-order valence-electron chi connectivity index (χ3n) is 4.16. The Morgan fingerprint density at radius 3 is 2.32 bits per heavy atom. The summed E-state index contributed by atoms with van der Waals surface area (Å²) in [7, 11) is -2.17. The van der Waals surface area contributed by atoms with Crippen molar-refractivity contribution in [1.82, 2.24) is 5.32 Å². The van der Waals surface area contributed by atoms with E-state index >= 15 is 0 Å². The largest absolute Gasteiger partial charge is 0.460 e. The van der Waals surface area contributed by atoms with Gasteiger partial charge in [0.05, 0.1) is 13.2 Å². The predicted octanol–water partition coefficient (Wildman–Crippen LogP) is 2.61. The summed E-state index contributed by atoms with van der Waals surface area (Å²) < 4.78 is 15.2. The second kappa shape index (κ2) is 11.3. The van der Waals surface area contributed by atoms with Crippen LogP contribution in [0.1, 0.15) is 33.6 Å². The van der Waals surface area contributed by atoms with Gasteiger partial charge in [0, 0.05) is 12.2 Å². The molecule has 2 N–H and O–H groups in total. The Hall–Kier alpha value is -1.38. The summed E-state index contributed by atoms with van der Waals surface area (Å²) in [6.45, 7) is 14.3. The van der Waals surface area contributed by atoms with E-state index in [4.69, 9.17) is 14.2 Å². The van der Waals surface area contributed by atoms with Crippen molar-refractivity contribution in [3.63, 3.8) is 0 Å². The van der Waals surface area contributed by atoms with E-state index in [0.717, 1.165) is 12.8 Å². The molecule has 0 aromatic heterocycles. The molecule has 0 aromatic rings. The monoisotopic (exact) mass is 375 g/mol. The first kappa shape index (κ1) is 23.6. The first-order chi connectivity index (χ1) is 11.5. The molecule has 25 heavy (non-hydrogen) atoms. The summed E-state index contributed by atoms with van der Waals surface area (Å²) in [5, 5.41) is 2.41. The van der Waals surface area contributed by atoms with Crippen LogP contribution in [0.5, 0.6) is 0 Å². The van der Waals surface area contributed by atoms with E-state index < -0.39 is 20.4 Å². The Morgan fingerprint density at radius 2 is 1.76 bits per heavy atom. The Morgan fingerprint density at radius 1 is 1.12 bits per heavy atom. The van der Waals surface area contributed by atoms with Crippen molar-refractivity contribution in [1.29, 1.82) is 0 Å². The van der Waals surface area contributed by atoms with Gasteiger partial charge in [-0.3, -0.25) is 0 Å². The van der Waals surface area contributed by atoms with Crippen LogP contribution in [-0.4, -0.2) is 58.1 Å². The summed E-state index contributed by atoms with van der Waals surface area (Å²) in [6, 6.07) is 0. The number of rotatable bonds is 12. The molecule has 0 saturated heterocycles. The second-order valence-electron chi connectivity index (χ2n) is 7.14. The van der Waals surface area contributed by atoms with Crippen LogP contribution in [0.3, 0.4) is 0 Å². The van der Waals surface area contributed by atoms with E-state index in [1.54, 1.807) is 6.92 Å². The zero-order valence-corrected chi connectivity index (χ0v) is 17.1. The lowest BCUT2D eigenvalue weighted by molar-refractivity contribution is -0.138. The van der Waals surface area contributed by atoms with Crippen LogP contribution >= 0.6 is 0 Å². The molecule has 1 amide bonds. The smallest absolute Gasteiger partial charge is 0.407 e. The molecule has 0 aliphatic rings. The van der Waals surface area contributed by atoms with Gasteiger partial charge >= 0.3 is 12.1 Å². The maximum atomic E-state index is 11.4. The third-order valence-corrected chi connectivity index (χ3v) is 7.72. The van der Waals surface area contributed by atoms with Gasteiger partial charge in [-0.2, -0.15) is 0 Å². The molecule has 0 spiro atoms. The number of esters is 1. The summed E-state index contributed by atoms with van der Waals surface area (Å²) in [5.74, 6) is -0.487. The molecule has 0 radical (unpaired) electrons. The fraction of sp³-hybridized carbons (Fsp3) is 0.765. The molecule has 7 nitrogen and oxygen atoms in total. The lowest BCUT2D eigenvalue weighted by atomic mass is 10.1. The number of carbonyl (C=O) groups is 2. The van der Waals surface area contributed by atoms with Crippen LogP contribution in [0.15, 0.2) is 12.2 Å². The van der Waals surface area contributed by atoms with Crippen LogP contribution in [0.25, 0.3) is 0 Å². The zero-order valence-electron chi connectivity index (χ0n) is 16.1. The number of ether oxygens (including phenoxy) is 3. The quantitative estimate of drug-likeness (QED) is 0.236. The molecular weight excluding hydrogens is 342 g/mol. The molecular formula is C17H33NO6Si. The van der Waals surface area contributed by atoms with E-state index in [2.05, 4.69) is 25.7 Å². The lowest BCUT2D eigenvalue weighted by Crippen LogP contribution is -2.39. The highest BCUT2D eigenvalue weighted by molar-refractivity contribution is 6.72. The number of carbonyl (C=O) groups excluding carboxylic acids is 2. The fourth-order valence-corrected chi connectivity index (χ4v) is 2.48. The van der Waals surface area contributed by atoms with Crippen LogP contribution < -0.4 is 5.32 Å². The van der Waals surface area contributed by atoms with E-state index in [-0.39, 0.29) is 24.8 Å². The topological polar surface area (TPSA) is 94.1 Å². The van der Waals surface area contributed by atoms with Crippen molar-refractivity contribution in [2.24, 2.45) is 0 Å². The Bertz CT molecular complexity index is 445. The van der Waals surface area contributed by atoms with Gasteiger partial charge in [0.2, 0.25) is 0 Å². The van der Waals surface area contributed by atoms with Crippen molar-refractivity contribution in [2.75, 3.05) is 33.0 Å². The molecule has 0 heterocycles. The minimum Gasteiger partial charge on any atom is -0.460 e. The van der Waals surface area contributed by atoms with Crippen molar-refractivity contribution in [3.8, 4) is 0 Å². The van der Waals surface area contributed by atoms with Crippen molar-refractivity contribution in [3.05, 3.63) is 12.2 Å². The van der Waals surface area contributed by atoms with E-state index in [1.165, 1.54) is 0 Å². The number of amides is 1. The average molecular weight is 376 g/mol. The van der Waals surface area contributed by atoms with Crippen molar-refractivity contribution >= 4 is 20.4 Å². The molecule has 0 aliphatic carbocycles. The molecule has 0 bridgehead atoms. The first-order valence-corrected chi connectivity index (χ1v) is 11.5. The number of hydrogen-bond donors (Lipinski definition) is 2. The maximum Gasteiger partial charge on any atom is 0.407 e. The number of hydrogen-bond acceptors (Lipinski definition) is 6. The molecule has 8 heteroatoms. The van der Waals surface area contributed by atoms with Crippen LogP contribution in [-0.2, 0) is 19.0 Å². The SMILES string of the molecule is C=C(C)C(=O)OCCNC(=O)OCCOCCCC(C)(C)[Si](C)(C)O. The van der Waals surface area contributed by atoms with Gasteiger partial charge in [0.15, 0.2) is 8.32 Å². The normalized spacial score (nSPS) is 11.8. The summed E-state index contributed by atoms with van der Waals surface area (Å²) in [4.78, 5) is 32.7. The zero-order chi connectivity index (χ0) is 19.5. The van der Waals surface area contributed by atoms with Crippen LogP contribution in [0.2, 0.25) is 18.1 Å². The molecule has 0 atom stereocenters.